The Morgan fingerprint density at radius 2 is 2.12 bits per heavy atom. The number of hydrogen-bond acceptors (Lipinski definition) is 2. The minimum Gasteiger partial charge on any atom is -0.321 e. The number of halogens is 2. The van der Waals surface area contributed by atoms with Crippen LogP contribution in [0, 0.1) is 11.6 Å². The molecule has 2 N–H and O–H groups in total. The minimum atomic E-state index is -0.693. The van der Waals surface area contributed by atoms with Crippen molar-refractivity contribution < 1.29 is 13.6 Å². The molecule has 0 aromatic heterocycles. The maximum Gasteiger partial charge on any atom is 0.153 e. The number of hydrogen-bond donors (Lipinski definition) is 1. The summed E-state index contributed by atoms with van der Waals surface area (Å²) in [6.45, 7) is 2.01. The van der Waals surface area contributed by atoms with Crippen molar-refractivity contribution in [2.45, 2.75) is 38.6 Å². The Balaban J connectivity index is 2.61. The monoisotopic (exact) mass is 241 g/mol. The number of Topliss-reactive ketones (excluding diaryl/α,β-unsaturated/α-hetero) is 1. The molecule has 4 heteroatoms. The Hall–Kier alpha value is -1.29. The van der Waals surface area contributed by atoms with E-state index in [9.17, 15) is 13.6 Å². The lowest BCUT2D eigenvalue weighted by Crippen LogP contribution is -2.31. The summed E-state index contributed by atoms with van der Waals surface area (Å²) < 4.78 is 26.0. The van der Waals surface area contributed by atoms with Crippen LogP contribution in [0.4, 0.5) is 8.78 Å². The van der Waals surface area contributed by atoms with Gasteiger partial charge in [0, 0.05) is 12.5 Å². The highest BCUT2D eigenvalue weighted by molar-refractivity contribution is 5.85. The molecular weight excluding hydrogens is 224 g/mol. The summed E-state index contributed by atoms with van der Waals surface area (Å²) in [5, 5.41) is 0. The molecule has 0 heterocycles. The van der Waals surface area contributed by atoms with Gasteiger partial charge in [-0.15, -0.1) is 0 Å². The Bertz CT molecular complexity index is 393. The fourth-order valence-corrected chi connectivity index (χ4v) is 1.57. The lowest BCUT2D eigenvalue weighted by Gasteiger charge is -2.10. The fraction of sp³-hybridized carbons (Fsp3) is 0.462. The minimum absolute atomic E-state index is 0.0724. The van der Waals surface area contributed by atoms with E-state index in [0.717, 1.165) is 25.0 Å². The molecule has 0 aliphatic rings. The third-order valence-corrected chi connectivity index (χ3v) is 2.66. The molecule has 0 bridgehead atoms. The van der Waals surface area contributed by atoms with Gasteiger partial charge in [-0.3, -0.25) is 4.79 Å². The first-order valence-corrected chi connectivity index (χ1v) is 5.76. The topological polar surface area (TPSA) is 43.1 Å². The highest BCUT2D eigenvalue weighted by atomic mass is 19.1. The van der Waals surface area contributed by atoms with Gasteiger partial charge >= 0.3 is 0 Å². The van der Waals surface area contributed by atoms with E-state index in [-0.39, 0.29) is 17.8 Å². The Kier molecular flexibility index (Phi) is 5.22. The molecule has 17 heavy (non-hydrogen) atoms. The SMILES string of the molecule is CCCCC(N)C(=O)Cc1ccc(F)cc1F. The summed E-state index contributed by atoms with van der Waals surface area (Å²) in [7, 11) is 0. The second-order valence-electron chi connectivity index (χ2n) is 4.13. The standard InChI is InChI=1S/C13H17F2NO/c1-2-3-4-12(16)13(17)7-9-5-6-10(14)8-11(9)15/h5-6,8,12H,2-4,7,16H2,1H3. The van der Waals surface area contributed by atoms with Gasteiger partial charge in [-0.05, 0) is 18.1 Å². The van der Waals surface area contributed by atoms with Crippen LogP contribution >= 0.6 is 0 Å². The van der Waals surface area contributed by atoms with Crippen molar-refractivity contribution in [3.8, 4) is 0 Å². The highest BCUT2D eigenvalue weighted by Crippen LogP contribution is 2.12. The van der Waals surface area contributed by atoms with E-state index >= 15 is 0 Å². The molecule has 1 aromatic carbocycles. The lowest BCUT2D eigenvalue weighted by atomic mass is 10.00. The van der Waals surface area contributed by atoms with Crippen LogP contribution in [0.2, 0.25) is 0 Å². The average Bonchev–Trinajstić information content (AvgIpc) is 2.29. The maximum atomic E-state index is 13.3. The molecule has 1 aromatic rings. The molecule has 0 fully saturated rings. The summed E-state index contributed by atoms with van der Waals surface area (Å²) in [6, 6.07) is 2.65. The van der Waals surface area contributed by atoms with E-state index in [1.165, 1.54) is 6.07 Å². The summed E-state index contributed by atoms with van der Waals surface area (Å²) in [5.74, 6) is -1.54. The van der Waals surface area contributed by atoms with Gasteiger partial charge in [0.2, 0.25) is 0 Å². The molecule has 1 atom stereocenters. The van der Waals surface area contributed by atoms with E-state index < -0.39 is 17.7 Å². The van der Waals surface area contributed by atoms with Gasteiger partial charge in [0.15, 0.2) is 5.78 Å². The van der Waals surface area contributed by atoms with Gasteiger partial charge in [0.1, 0.15) is 11.6 Å². The molecule has 0 saturated carbocycles. The van der Waals surface area contributed by atoms with Crippen LogP contribution in [-0.4, -0.2) is 11.8 Å². The van der Waals surface area contributed by atoms with Crippen LogP contribution in [-0.2, 0) is 11.2 Å². The fourth-order valence-electron chi connectivity index (χ4n) is 1.57. The van der Waals surface area contributed by atoms with Crippen molar-refractivity contribution in [1.29, 1.82) is 0 Å². The number of benzene rings is 1. The summed E-state index contributed by atoms with van der Waals surface area (Å²) >= 11 is 0. The molecule has 1 rings (SSSR count). The summed E-state index contributed by atoms with van der Waals surface area (Å²) in [4.78, 5) is 11.7. The Morgan fingerprint density at radius 1 is 1.41 bits per heavy atom. The summed E-state index contributed by atoms with van der Waals surface area (Å²) in [6.07, 6.45) is 2.37. The molecule has 0 amide bonds. The van der Waals surface area contributed by atoms with Gasteiger partial charge in [0.25, 0.3) is 0 Å². The van der Waals surface area contributed by atoms with E-state index in [4.69, 9.17) is 5.73 Å². The van der Waals surface area contributed by atoms with Crippen molar-refractivity contribution in [3.05, 3.63) is 35.4 Å². The third-order valence-electron chi connectivity index (χ3n) is 2.66. The first kappa shape index (κ1) is 13.8. The molecule has 0 radical (unpaired) electrons. The molecule has 1 unspecified atom stereocenters. The van der Waals surface area contributed by atoms with Crippen LogP contribution in [0.1, 0.15) is 31.7 Å². The zero-order valence-electron chi connectivity index (χ0n) is 9.88. The van der Waals surface area contributed by atoms with Crippen molar-refractivity contribution in [2.75, 3.05) is 0 Å². The van der Waals surface area contributed by atoms with Gasteiger partial charge < -0.3 is 5.73 Å². The number of carbonyl (C=O) groups excluding carboxylic acids is 1. The van der Waals surface area contributed by atoms with Crippen LogP contribution < -0.4 is 5.73 Å². The van der Waals surface area contributed by atoms with E-state index in [0.29, 0.717) is 6.42 Å². The zero-order chi connectivity index (χ0) is 12.8. The second kappa shape index (κ2) is 6.45. The number of nitrogens with two attached hydrogens (primary N) is 1. The quantitative estimate of drug-likeness (QED) is 0.831. The average molecular weight is 241 g/mol. The van der Waals surface area contributed by atoms with Crippen LogP contribution in [0.5, 0.6) is 0 Å². The highest BCUT2D eigenvalue weighted by Gasteiger charge is 2.15. The predicted molar refractivity (Wildman–Crippen MR) is 62.6 cm³/mol. The Morgan fingerprint density at radius 3 is 2.71 bits per heavy atom. The molecule has 94 valence electrons. The Labute approximate surface area is 99.8 Å². The third kappa shape index (κ3) is 4.23. The van der Waals surface area contributed by atoms with Crippen molar-refractivity contribution in [1.82, 2.24) is 0 Å². The number of rotatable bonds is 6. The number of carbonyl (C=O) groups is 1. The van der Waals surface area contributed by atoms with Crippen LogP contribution in [0.3, 0.4) is 0 Å². The van der Waals surface area contributed by atoms with E-state index in [1.54, 1.807) is 0 Å². The second-order valence-corrected chi connectivity index (χ2v) is 4.13. The van der Waals surface area contributed by atoms with Crippen molar-refractivity contribution in [2.24, 2.45) is 5.73 Å². The predicted octanol–water partition coefficient (Wildman–Crippen LogP) is 2.59. The zero-order valence-corrected chi connectivity index (χ0v) is 9.88. The van der Waals surface area contributed by atoms with E-state index in [2.05, 4.69) is 0 Å². The number of ketones is 1. The van der Waals surface area contributed by atoms with Gasteiger partial charge in [0.05, 0.1) is 6.04 Å². The molecular formula is C13H17F2NO. The molecule has 0 aliphatic heterocycles. The largest absolute Gasteiger partial charge is 0.321 e. The smallest absolute Gasteiger partial charge is 0.153 e. The van der Waals surface area contributed by atoms with Crippen LogP contribution in [0.15, 0.2) is 18.2 Å². The lowest BCUT2D eigenvalue weighted by molar-refractivity contribution is -0.119. The first-order valence-electron chi connectivity index (χ1n) is 5.76. The molecule has 0 saturated heterocycles. The van der Waals surface area contributed by atoms with Gasteiger partial charge in [-0.1, -0.05) is 25.8 Å². The van der Waals surface area contributed by atoms with Crippen molar-refractivity contribution in [3.63, 3.8) is 0 Å². The molecule has 2 nitrogen and oxygen atoms in total. The molecule has 0 aliphatic carbocycles. The van der Waals surface area contributed by atoms with Crippen LogP contribution in [0.25, 0.3) is 0 Å². The number of unbranched alkanes of at least 4 members (excludes halogenated alkanes) is 1. The summed E-state index contributed by atoms with van der Waals surface area (Å²) in [5.41, 5.74) is 5.88. The maximum absolute atomic E-state index is 13.3. The first-order chi connectivity index (χ1) is 8.04. The molecule has 0 spiro atoms. The van der Waals surface area contributed by atoms with Gasteiger partial charge in [-0.25, -0.2) is 8.78 Å². The van der Waals surface area contributed by atoms with Crippen molar-refractivity contribution >= 4 is 5.78 Å². The van der Waals surface area contributed by atoms with E-state index in [1.807, 2.05) is 6.92 Å². The normalized spacial score (nSPS) is 12.5. The van der Waals surface area contributed by atoms with Gasteiger partial charge in [-0.2, -0.15) is 0 Å².